The third-order valence-electron chi connectivity index (χ3n) is 5.00. The molecule has 0 aliphatic carbocycles. The number of alkyl carbamates (subject to hydrolysis) is 1. The number of carbonyl (C=O) groups is 1. The lowest BCUT2D eigenvalue weighted by Gasteiger charge is -2.37. The molecule has 1 N–H and O–H groups in total. The van der Waals surface area contributed by atoms with Gasteiger partial charge in [-0.05, 0) is 56.6 Å². The van der Waals surface area contributed by atoms with Gasteiger partial charge in [0.2, 0.25) is 0 Å². The summed E-state index contributed by atoms with van der Waals surface area (Å²) >= 11 is 0. The summed E-state index contributed by atoms with van der Waals surface area (Å²) in [6.45, 7) is 23.7. The Morgan fingerprint density at radius 2 is 1.53 bits per heavy atom. The van der Waals surface area contributed by atoms with Crippen LogP contribution in [0.25, 0.3) is 0 Å². The van der Waals surface area contributed by atoms with E-state index in [9.17, 15) is 4.79 Å². The van der Waals surface area contributed by atoms with Gasteiger partial charge in [0.25, 0.3) is 0 Å². The van der Waals surface area contributed by atoms with Crippen LogP contribution in [0.1, 0.15) is 58.7 Å². The molecule has 0 aliphatic heterocycles. The first-order valence-corrected chi connectivity index (χ1v) is 17.1. The van der Waals surface area contributed by atoms with Gasteiger partial charge in [0.15, 0.2) is 8.32 Å². The Labute approximate surface area is 186 Å². The average molecular weight is 448 g/mol. The summed E-state index contributed by atoms with van der Waals surface area (Å²) in [5, 5.41) is 3.09. The molecule has 30 heavy (non-hydrogen) atoms. The molecule has 0 aliphatic rings. The van der Waals surface area contributed by atoms with Crippen LogP contribution >= 0.6 is 0 Å². The van der Waals surface area contributed by atoms with Crippen molar-refractivity contribution in [2.24, 2.45) is 0 Å². The lowest BCUT2D eigenvalue weighted by atomic mass is 10.1. The fourth-order valence-corrected chi connectivity index (χ4v) is 3.77. The van der Waals surface area contributed by atoms with Crippen LogP contribution in [0.4, 0.5) is 4.79 Å². The molecule has 1 aromatic carbocycles. The van der Waals surface area contributed by atoms with Crippen molar-refractivity contribution in [2.75, 3.05) is 6.61 Å². The molecule has 1 rings (SSSR count). The highest BCUT2D eigenvalue weighted by atomic mass is 28.4. The first-order valence-electron chi connectivity index (χ1n) is 10.7. The van der Waals surface area contributed by atoms with Crippen molar-refractivity contribution >= 4 is 22.5 Å². The van der Waals surface area contributed by atoms with E-state index in [0.29, 0.717) is 6.61 Å². The Kier molecular flexibility index (Phi) is 8.58. The standard InChI is InChI=1S/C24H41NO3Si2/c1-23(2,3)28-22(26)25-21(18-27-30(10,11)24(4,5)6)20-14-12-19(13-15-20)16-17-29(7,8)9/h12-15,21H,18H2,1-11H3,(H,25,26)/t21-/m0/s1. The van der Waals surface area contributed by atoms with Crippen molar-refractivity contribution in [3.05, 3.63) is 35.4 Å². The highest BCUT2D eigenvalue weighted by Crippen LogP contribution is 2.37. The fourth-order valence-electron chi connectivity index (χ4n) is 2.24. The number of hydrogen-bond donors (Lipinski definition) is 1. The van der Waals surface area contributed by atoms with Gasteiger partial charge >= 0.3 is 6.09 Å². The second-order valence-electron chi connectivity index (χ2n) is 11.4. The first-order chi connectivity index (χ1) is 13.4. The maximum absolute atomic E-state index is 12.4. The van der Waals surface area contributed by atoms with Crippen molar-refractivity contribution in [1.29, 1.82) is 0 Å². The minimum absolute atomic E-state index is 0.0970. The van der Waals surface area contributed by atoms with Crippen LogP contribution in [0.2, 0.25) is 37.8 Å². The van der Waals surface area contributed by atoms with Gasteiger partial charge in [0, 0.05) is 5.56 Å². The third kappa shape index (κ3) is 9.50. The van der Waals surface area contributed by atoms with Crippen LogP contribution in [0.3, 0.4) is 0 Å². The number of carbonyl (C=O) groups excluding carboxylic acids is 1. The Bertz CT molecular complexity index is 770. The highest BCUT2D eigenvalue weighted by Gasteiger charge is 2.38. The van der Waals surface area contributed by atoms with Crippen LogP contribution in [-0.2, 0) is 9.16 Å². The van der Waals surface area contributed by atoms with E-state index in [-0.39, 0.29) is 11.1 Å². The quantitative estimate of drug-likeness (QED) is 0.414. The van der Waals surface area contributed by atoms with Crippen LogP contribution in [0, 0.1) is 11.5 Å². The van der Waals surface area contributed by atoms with Crippen molar-refractivity contribution in [3.8, 4) is 11.5 Å². The molecule has 168 valence electrons. The van der Waals surface area contributed by atoms with E-state index < -0.39 is 28.1 Å². The molecule has 0 fully saturated rings. The van der Waals surface area contributed by atoms with E-state index in [2.05, 4.69) is 70.3 Å². The Morgan fingerprint density at radius 1 is 1.00 bits per heavy atom. The summed E-state index contributed by atoms with van der Waals surface area (Å²) in [5.74, 6) is 3.27. The van der Waals surface area contributed by atoms with E-state index in [1.165, 1.54) is 0 Å². The summed E-state index contributed by atoms with van der Waals surface area (Å²) in [6, 6.07) is 7.78. The van der Waals surface area contributed by atoms with Gasteiger partial charge < -0.3 is 14.5 Å². The largest absolute Gasteiger partial charge is 0.444 e. The maximum Gasteiger partial charge on any atom is 0.408 e. The molecule has 0 bridgehead atoms. The van der Waals surface area contributed by atoms with E-state index in [0.717, 1.165) is 11.1 Å². The Balaban J connectivity index is 3.07. The number of rotatable bonds is 5. The molecule has 0 aromatic heterocycles. The predicted molar refractivity (Wildman–Crippen MR) is 132 cm³/mol. The van der Waals surface area contributed by atoms with Crippen molar-refractivity contribution in [3.63, 3.8) is 0 Å². The van der Waals surface area contributed by atoms with Crippen LogP contribution < -0.4 is 5.32 Å². The van der Waals surface area contributed by atoms with Crippen molar-refractivity contribution in [1.82, 2.24) is 5.32 Å². The summed E-state index contributed by atoms with van der Waals surface area (Å²) in [6.07, 6.45) is -0.436. The average Bonchev–Trinajstić information content (AvgIpc) is 2.54. The molecular formula is C24H41NO3Si2. The molecule has 0 spiro atoms. The molecule has 0 unspecified atom stereocenters. The van der Waals surface area contributed by atoms with Gasteiger partial charge in [-0.15, -0.1) is 5.54 Å². The zero-order chi connectivity index (χ0) is 23.4. The first kappa shape index (κ1) is 26.5. The summed E-state index contributed by atoms with van der Waals surface area (Å²) < 4.78 is 11.9. The second-order valence-corrected chi connectivity index (χ2v) is 21.0. The number of amides is 1. The molecule has 6 heteroatoms. The highest BCUT2D eigenvalue weighted by molar-refractivity contribution is 6.83. The summed E-state index contributed by atoms with van der Waals surface area (Å²) in [5.41, 5.74) is 4.81. The van der Waals surface area contributed by atoms with E-state index in [4.69, 9.17) is 9.16 Å². The maximum atomic E-state index is 12.4. The molecule has 0 saturated heterocycles. The molecule has 0 saturated carbocycles. The Hall–Kier alpha value is -1.56. The molecule has 0 heterocycles. The van der Waals surface area contributed by atoms with Crippen LogP contribution in [-0.4, -0.2) is 34.7 Å². The summed E-state index contributed by atoms with van der Waals surface area (Å²) in [4.78, 5) is 12.4. The topological polar surface area (TPSA) is 47.6 Å². The predicted octanol–water partition coefficient (Wildman–Crippen LogP) is 6.50. The molecular weight excluding hydrogens is 406 g/mol. The minimum Gasteiger partial charge on any atom is -0.444 e. The Morgan fingerprint density at radius 3 is 1.97 bits per heavy atom. The number of nitrogens with one attached hydrogen (secondary N) is 1. The van der Waals surface area contributed by atoms with Gasteiger partial charge in [-0.25, -0.2) is 4.79 Å². The monoisotopic (exact) mass is 447 g/mol. The third-order valence-corrected chi connectivity index (χ3v) is 10.4. The van der Waals surface area contributed by atoms with Crippen LogP contribution in [0.15, 0.2) is 24.3 Å². The lowest BCUT2D eigenvalue weighted by Crippen LogP contribution is -2.44. The molecule has 0 radical (unpaired) electrons. The fraction of sp³-hybridized carbons (Fsp3) is 0.625. The number of ether oxygens (including phenoxy) is 1. The van der Waals surface area contributed by atoms with E-state index in [1.54, 1.807) is 0 Å². The van der Waals surface area contributed by atoms with Crippen molar-refractivity contribution in [2.45, 2.75) is 91.0 Å². The lowest BCUT2D eigenvalue weighted by molar-refractivity contribution is 0.0484. The van der Waals surface area contributed by atoms with E-state index in [1.807, 2.05) is 45.0 Å². The SMILES string of the molecule is CC(C)(C)OC(=O)N[C@@H](CO[Si](C)(C)C(C)(C)C)c1ccc(C#C[Si](C)(C)C)cc1. The second kappa shape index (κ2) is 9.72. The van der Waals surface area contributed by atoms with Gasteiger partial charge in [-0.1, -0.05) is 58.5 Å². The molecule has 1 aromatic rings. The summed E-state index contributed by atoms with van der Waals surface area (Å²) in [7, 11) is -3.37. The van der Waals surface area contributed by atoms with Gasteiger partial charge in [-0.2, -0.15) is 0 Å². The minimum atomic E-state index is -1.95. The van der Waals surface area contributed by atoms with Gasteiger partial charge in [-0.3, -0.25) is 0 Å². The number of benzene rings is 1. The molecule has 4 nitrogen and oxygen atoms in total. The normalized spacial score (nSPS) is 13.8. The molecule has 1 atom stereocenters. The van der Waals surface area contributed by atoms with Crippen LogP contribution in [0.5, 0.6) is 0 Å². The van der Waals surface area contributed by atoms with Gasteiger partial charge in [0.05, 0.1) is 12.6 Å². The zero-order valence-corrected chi connectivity index (χ0v) is 22.8. The van der Waals surface area contributed by atoms with Crippen molar-refractivity contribution < 1.29 is 14.0 Å². The number of hydrogen-bond acceptors (Lipinski definition) is 3. The molecule has 1 amide bonds. The van der Waals surface area contributed by atoms with E-state index >= 15 is 0 Å². The smallest absolute Gasteiger partial charge is 0.408 e. The van der Waals surface area contributed by atoms with Gasteiger partial charge in [0.1, 0.15) is 13.7 Å². The zero-order valence-electron chi connectivity index (χ0n) is 20.8.